The number of rotatable bonds is 8. The molecular formula is C23H20ClNO3. The first-order chi connectivity index (χ1) is 13.6. The van der Waals surface area contributed by atoms with E-state index in [9.17, 15) is 4.79 Å². The number of amides is 1. The monoisotopic (exact) mass is 393 g/mol. The van der Waals surface area contributed by atoms with Gasteiger partial charge in [-0.1, -0.05) is 41.6 Å². The number of halogens is 1. The van der Waals surface area contributed by atoms with Crippen molar-refractivity contribution in [3.05, 3.63) is 64.7 Å². The molecule has 28 heavy (non-hydrogen) atoms. The van der Waals surface area contributed by atoms with E-state index in [0.29, 0.717) is 40.6 Å². The SMILES string of the molecule is C#CC=C(C(=O)NCCc1ccc(OCC#C)c(OC)c1)c1ccc(Cl)cc1. The van der Waals surface area contributed by atoms with Gasteiger partial charge in [-0.2, -0.15) is 0 Å². The first kappa shape index (κ1) is 21.0. The maximum Gasteiger partial charge on any atom is 0.252 e. The Morgan fingerprint density at radius 2 is 1.93 bits per heavy atom. The van der Waals surface area contributed by atoms with Gasteiger partial charge in [0.2, 0.25) is 0 Å². The summed E-state index contributed by atoms with van der Waals surface area (Å²) in [6, 6.07) is 12.5. The van der Waals surface area contributed by atoms with Gasteiger partial charge in [0, 0.05) is 17.6 Å². The average molecular weight is 394 g/mol. The average Bonchev–Trinajstić information content (AvgIpc) is 2.71. The summed E-state index contributed by atoms with van der Waals surface area (Å²) in [5.74, 6) is 5.74. The Balaban J connectivity index is 2.00. The molecule has 0 spiro atoms. The predicted molar refractivity (Wildman–Crippen MR) is 112 cm³/mol. The van der Waals surface area contributed by atoms with E-state index in [1.807, 2.05) is 12.1 Å². The Hall–Kier alpha value is -3.34. The van der Waals surface area contributed by atoms with Gasteiger partial charge < -0.3 is 14.8 Å². The van der Waals surface area contributed by atoms with Crippen molar-refractivity contribution >= 4 is 23.1 Å². The van der Waals surface area contributed by atoms with Crippen LogP contribution in [-0.4, -0.2) is 26.2 Å². The molecule has 0 saturated carbocycles. The molecule has 0 atom stereocenters. The largest absolute Gasteiger partial charge is 0.493 e. The lowest BCUT2D eigenvalue weighted by atomic mass is 10.0. The quantitative estimate of drug-likeness (QED) is 0.549. The van der Waals surface area contributed by atoms with Crippen LogP contribution in [0.1, 0.15) is 11.1 Å². The Labute approximate surface area is 170 Å². The van der Waals surface area contributed by atoms with Crippen LogP contribution in [0.5, 0.6) is 11.5 Å². The standard InChI is InChI=1S/C23H20ClNO3/c1-4-6-20(18-8-10-19(24)11-9-18)23(26)25-14-13-17-7-12-21(28-15-5-2)22(16-17)27-3/h1-2,6-12,16H,13-15H2,3H3,(H,25,26). The van der Waals surface area contributed by atoms with Gasteiger partial charge in [-0.25, -0.2) is 0 Å². The molecule has 0 radical (unpaired) electrons. The van der Waals surface area contributed by atoms with E-state index in [1.54, 1.807) is 37.4 Å². The Bertz CT molecular complexity index is 934. The molecule has 0 aliphatic rings. The minimum Gasteiger partial charge on any atom is -0.493 e. The highest BCUT2D eigenvalue weighted by atomic mass is 35.5. The molecule has 0 aromatic heterocycles. The molecule has 2 aromatic rings. The second-order valence-corrected chi connectivity index (χ2v) is 6.15. The van der Waals surface area contributed by atoms with Crippen LogP contribution < -0.4 is 14.8 Å². The third-order valence-corrected chi connectivity index (χ3v) is 4.12. The normalized spacial score (nSPS) is 10.5. The second-order valence-electron chi connectivity index (χ2n) is 5.72. The summed E-state index contributed by atoms with van der Waals surface area (Å²) < 4.78 is 10.7. The zero-order chi connectivity index (χ0) is 20.4. The first-order valence-corrected chi connectivity index (χ1v) is 8.90. The van der Waals surface area contributed by atoms with Crippen LogP contribution in [-0.2, 0) is 11.2 Å². The van der Waals surface area contributed by atoms with Gasteiger partial charge in [0.05, 0.1) is 12.7 Å². The summed E-state index contributed by atoms with van der Waals surface area (Å²) in [5, 5.41) is 3.47. The van der Waals surface area contributed by atoms with Crippen LogP contribution in [0.3, 0.4) is 0 Å². The molecule has 2 rings (SSSR count). The van der Waals surface area contributed by atoms with Crippen molar-refractivity contribution in [3.8, 4) is 36.2 Å². The van der Waals surface area contributed by atoms with Crippen molar-refractivity contribution in [2.24, 2.45) is 0 Å². The zero-order valence-electron chi connectivity index (χ0n) is 15.5. The lowest BCUT2D eigenvalue weighted by molar-refractivity contribution is -0.115. The number of hydrogen-bond donors (Lipinski definition) is 1. The molecule has 4 nitrogen and oxygen atoms in total. The van der Waals surface area contributed by atoms with Crippen LogP contribution in [0.4, 0.5) is 0 Å². The molecule has 1 amide bonds. The molecule has 142 valence electrons. The van der Waals surface area contributed by atoms with Crippen LogP contribution in [0, 0.1) is 24.7 Å². The fourth-order valence-electron chi connectivity index (χ4n) is 2.51. The van der Waals surface area contributed by atoms with Gasteiger partial charge in [0.25, 0.3) is 5.91 Å². The van der Waals surface area contributed by atoms with Crippen LogP contribution in [0.25, 0.3) is 5.57 Å². The van der Waals surface area contributed by atoms with Gasteiger partial charge in [0.15, 0.2) is 11.5 Å². The Morgan fingerprint density at radius 1 is 1.18 bits per heavy atom. The topological polar surface area (TPSA) is 47.6 Å². The number of benzene rings is 2. The van der Waals surface area contributed by atoms with Gasteiger partial charge in [0.1, 0.15) is 6.61 Å². The van der Waals surface area contributed by atoms with Gasteiger partial charge in [-0.05, 0) is 41.8 Å². The first-order valence-electron chi connectivity index (χ1n) is 8.52. The van der Waals surface area contributed by atoms with Gasteiger partial charge in [-0.3, -0.25) is 4.79 Å². The molecule has 5 heteroatoms. The Kier molecular flexibility index (Phi) is 8.03. The minimum atomic E-state index is -0.249. The summed E-state index contributed by atoms with van der Waals surface area (Å²) in [6.07, 6.45) is 12.6. The molecule has 0 aliphatic carbocycles. The molecule has 0 aliphatic heterocycles. The molecular weight excluding hydrogens is 374 g/mol. The summed E-state index contributed by atoms with van der Waals surface area (Å²) in [6.45, 7) is 0.600. The third-order valence-electron chi connectivity index (χ3n) is 3.87. The van der Waals surface area contributed by atoms with Crippen molar-refractivity contribution in [3.63, 3.8) is 0 Å². The predicted octanol–water partition coefficient (Wildman–Crippen LogP) is 3.74. The fourth-order valence-corrected chi connectivity index (χ4v) is 2.64. The number of carbonyl (C=O) groups is 1. The minimum absolute atomic E-state index is 0.167. The maximum absolute atomic E-state index is 12.5. The molecule has 0 unspecified atom stereocenters. The molecule has 0 bridgehead atoms. The molecule has 0 saturated heterocycles. The van der Waals surface area contributed by atoms with Crippen LogP contribution >= 0.6 is 11.6 Å². The number of terminal acetylenes is 2. The molecule has 1 N–H and O–H groups in total. The number of hydrogen-bond acceptors (Lipinski definition) is 3. The summed E-state index contributed by atoms with van der Waals surface area (Å²) >= 11 is 5.90. The highest BCUT2D eigenvalue weighted by molar-refractivity contribution is 6.30. The zero-order valence-corrected chi connectivity index (χ0v) is 16.3. The summed E-state index contributed by atoms with van der Waals surface area (Å²) in [4.78, 5) is 12.5. The van der Waals surface area contributed by atoms with Crippen molar-refractivity contribution in [2.75, 3.05) is 20.3 Å². The number of allylic oxidation sites excluding steroid dienone is 1. The fraction of sp³-hybridized carbons (Fsp3) is 0.174. The van der Waals surface area contributed by atoms with E-state index in [1.165, 1.54) is 6.08 Å². The number of nitrogens with one attached hydrogen (secondary N) is 1. The van der Waals surface area contributed by atoms with E-state index in [-0.39, 0.29) is 12.5 Å². The number of methoxy groups -OCH3 is 1. The van der Waals surface area contributed by atoms with E-state index in [0.717, 1.165) is 5.56 Å². The van der Waals surface area contributed by atoms with E-state index < -0.39 is 0 Å². The highest BCUT2D eigenvalue weighted by Gasteiger charge is 2.12. The second kappa shape index (κ2) is 10.7. The smallest absolute Gasteiger partial charge is 0.252 e. The van der Waals surface area contributed by atoms with Gasteiger partial charge >= 0.3 is 0 Å². The Morgan fingerprint density at radius 3 is 2.57 bits per heavy atom. The van der Waals surface area contributed by atoms with Crippen LogP contribution in [0.15, 0.2) is 48.5 Å². The molecule has 2 aromatic carbocycles. The van der Waals surface area contributed by atoms with Crippen molar-refractivity contribution < 1.29 is 14.3 Å². The highest BCUT2D eigenvalue weighted by Crippen LogP contribution is 2.28. The lowest BCUT2D eigenvalue weighted by Gasteiger charge is -2.12. The number of carbonyl (C=O) groups excluding carboxylic acids is 1. The third kappa shape index (κ3) is 5.84. The molecule has 0 heterocycles. The van der Waals surface area contributed by atoms with Crippen molar-refractivity contribution in [2.45, 2.75) is 6.42 Å². The maximum atomic E-state index is 12.5. The van der Waals surface area contributed by atoms with Crippen molar-refractivity contribution in [1.29, 1.82) is 0 Å². The number of ether oxygens (including phenoxy) is 2. The van der Waals surface area contributed by atoms with Crippen molar-refractivity contribution in [1.82, 2.24) is 5.32 Å². The van der Waals surface area contributed by atoms with Gasteiger partial charge in [-0.15, -0.1) is 12.8 Å². The summed E-state index contributed by atoms with van der Waals surface area (Å²) in [7, 11) is 1.56. The van der Waals surface area contributed by atoms with E-state index in [4.69, 9.17) is 33.9 Å². The van der Waals surface area contributed by atoms with Crippen LogP contribution in [0.2, 0.25) is 5.02 Å². The van der Waals surface area contributed by atoms with E-state index >= 15 is 0 Å². The molecule has 0 fully saturated rings. The lowest BCUT2D eigenvalue weighted by Crippen LogP contribution is -2.26. The van der Waals surface area contributed by atoms with E-state index in [2.05, 4.69) is 17.2 Å². The summed E-state index contributed by atoms with van der Waals surface area (Å²) in [5.41, 5.74) is 2.10.